The summed E-state index contributed by atoms with van der Waals surface area (Å²) in [6.07, 6.45) is 6.43. The summed E-state index contributed by atoms with van der Waals surface area (Å²) < 4.78 is 6.79. The number of anilines is 1. The fourth-order valence-electron chi connectivity index (χ4n) is 2.37. The highest BCUT2D eigenvalue weighted by Gasteiger charge is 2.26. The summed E-state index contributed by atoms with van der Waals surface area (Å²) in [6.45, 7) is 2.14. The molecular weight excluding hydrogens is 346 g/mol. The summed E-state index contributed by atoms with van der Waals surface area (Å²) in [5, 5.41) is 0. The maximum absolute atomic E-state index is 5.69. The summed E-state index contributed by atoms with van der Waals surface area (Å²) in [5.74, 6) is 1.36. The van der Waals surface area contributed by atoms with E-state index in [1.165, 1.54) is 11.9 Å². The Hall–Kier alpha value is -2.02. The van der Waals surface area contributed by atoms with Crippen LogP contribution in [-0.4, -0.2) is 34.0 Å². The molecule has 0 bridgehead atoms. The van der Waals surface area contributed by atoms with Crippen molar-refractivity contribution < 1.29 is 4.74 Å². The van der Waals surface area contributed by atoms with E-state index in [4.69, 9.17) is 4.74 Å². The standard InChI is InChI=1S/C15H16BrN5O/c1-4-9-5-11-12(13(9)16)14(21(2)3)20-15(19-11)22-10-6-17-8-18-7-10/h6-8H,4-5H2,1-3H3. The summed E-state index contributed by atoms with van der Waals surface area (Å²) in [4.78, 5) is 18.9. The van der Waals surface area contributed by atoms with Gasteiger partial charge in [-0.25, -0.2) is 9.97 Å². The van der Waals surface area contributed by atoms with Crippen LogP contribution >= 0.6 is 15.9 Å². The van der Waals surface area contributed by atoms with Crippen molar-refractivity contribution in [2.24, 2.45) is 0 Å². The molecule has 6 nitrogen and oxygen atoms in total. The molecule has 2 aromatic rings. The maximum Gasteiger partial charge on any atom is 0.324 e. The van der Waals surface area contributed by atoms with Crippen LogP contribution in [0.1, 0.15) is 24.6 Å². The number of hydrogen-bond donors (Lipinski definition) is 0. The first kappa shape index (κ1) is 14.9. The second-order valence-electron chi connectivity index (χ2n) is 5.17. The van der Waals surface area contributed by atoms with Gasteiger partial charge in [0.1, 0.15) is 12.1 Å². The zero-order valence-electron chi connectivity index (χ0n) is 12.7. The smallest absolute Gasteiger partial charge is 0.324 e. The minimum absolute atomic E-state index is 0.315. The molecule has 7 heteroatoms. The molecule has 2 aromatic heterocycles. The first-order chi connectivity index (χ1) is 10.6. The average molecular weight is 362 g/mol. The van der Waals surface area contributed by atoms with Crippen molar-refractivity contribution >= 4 is 26.2 Å². The van der Waals surface area contributed by atoms with Gasteiger partial charge in [-0.05, 0) is 12.0 Å². The molecule has 0 saturated heterocycles. The van der Waals surface area contributed by atoms with E-state index in [2.05, 4.69) is 42.8 Å². The first-order valence-electron chi connectivity index (χ1n) is 6.99. The Bertz CT molecular complexity index is 730. The van der Waals surface area contributed by atoms with Crippen molar-refractivity contribution in [3.63, 3.8) is 0 Å². The van der Waals surface area contributed by atoms with Crippen LogP contribution in [-0.2, 0) is 6.42 Å². The van der Waals surface area contributed by atoms with Crippen LogP contribution in [0.5, 0.6) is 11.8 Å². The molecular formula is C15H16BrN5O. The highest BCUT2D eigenvalue weighted by atomic mass is 79.9. The van der Waals surface area contributed by atoms with Gasteiger partial charge in [0.25, 0.3) is 0 Å². The largest absolute Gasteiger partial charge is 0.421 e. The van der Waals surface area contributed by atoms with E-state index >= 15 is 0 Å². The van der Waals surface area contributed by atoms with Gasteiger partial charge in [0.15, 0.2) is 5.75 Å². The molecule has 114 valence electrons. The third-order valence-electron chi connectivity index (χ3n) is 3.45. The lowest BCUT2D eigenvalue weighted by atomic mass is 10.2. The van der Waals surface area contributed by atoms with E-state index in [1.54, 1.807) is 12.4 Å². The lowest BCUT2D eigenvalue weighted by molar-refractivity contribution is 0.436. The molecule has 3 rings (SSSR count). The van der Waals surface area contributed by atoms with E-state index in [1.807, 2.05) is 19.0 Å². The van der Waals surface area contributed by atoms with Crippen molar-refractivity contribution in [3.8, 4) is 11.8 Å². The molecule has 0 saturated carbocycles. The van der Waals surface area contributed by atoms with Gasteiger partial charge in [-0.3, -0.25) is 0 Å². The number of allylic oxidation sites excluding steroid dienone is 1. The second-order valence-corrected chi connectivity index (χ2v) is 5.96. The Balaban J connectivity index is 2.03. The molecule has 0 radical (unpaired) electrons. The monoisotopic (exact) mass is 361 g/mol. The lowest BCUT2D eigenvalue weighted by Crippen LogP contribution is -2.14. The van der Waals surface area contributed by atoms with Gasteiger partial charge in [-0.15, -0.1) is 0 Å². The quantitative estimate of drug-likeness (QED) is 0.832. The SMILES string of the molecule is CCC1=C(Br)c2c(nc(Oc3cncnc3)nc2N(C)C)C1. The molecule has 1 aliphatic rings. The van der Waals surface area contributed by atoms with Gasteiger partial charge < -0.3 is 9.64 Å². The van der Waals surface area contributed by atoms with E-state index in [-0.39, 0.29) is 0 Å². The average Bonchev–Trinajstić information content (AvgIpc) is 2.83. The summed E-state index contributed by atoms with van der Waals surface area (Å²) in [5.41, 5.74) is 3.36. The van der Waals surface area contributed by atoms with Gasteiger partial charge >= 0.3 is 6.01 Å². The van der Waals surface area contributed by atoms with Gasteiger partial charge in [0.2, 0.25) is 0 Å². The third kappa shape index (κ3) is 2.68. The molecule has 0 unspecified atom stereocenters. The van der Waals surface area contributed by atoms with E-state index in [0.717, 1.165) is 34.4 Å². The minimum Gasteiger partial charge on any atom is -0.421 e. The summed E-state index contributed by atoms with van der Waals surface area (Å²) >= 11 is 3.69. The maximum atomic E-state index is 5.69. The highest BCUT2D eigenvalue weighted by molar-refractivity contribution is 9.15. The number of halogens is 1. The van der Waals surface area contributed by atoms with E-state index in [9.17, 15) is 0 Å². The van der Waals surface area contributed by atoms with Crippen LogP contribution in [0.15, 0.2) is 24.3 Å². The number of ether oxygens (including phenoxy) is 1. The predicted molar refractivity (Wildman–Crippen MR) is 88.3 cm³/mol. The minimum atomic E-state index is 0.315. The van der Waals surface area contributed by atoms with Gasteiger partial charge in [0, 0.05) is 25.0 Å². The number of hydrogen-bond acceptors (Lipinski definition) is 6. The van der Waals surface area contributed by atoms with Crippen molar-refractivity contribution in [2.45, 2.75) is 19.8 Å². The fraction of sp³-hybridized carbons (Fsp3) is 0.333. The molecule has 0 aromatic carbocycles. The zero-order valence-corrected chi connectivity index (χ0v) is 14.3. The number of aromatic nitrogens is 4. The van der Waals surface area contributed by atoms with Crippen LogP contribution in [0.3, 0.4) is 0 Å². The molecule has 0 amide bonds. The van der Waals surface area contributed by atoms with Crippen LogP contribution in [0.4, 0.5) is 5.82 Å². The third-order valence-corrected chi connectivity index (χ3v) is 4.41. The molecule has 1 aliphatic carbocycles. The molecule has 22 heavy (non-hydrogen) atoms. The second kappa shape index (κ2) is 6.00. The lowest BCUT2D eigenvalue weighted by Gasteiger charge is -2.17. The van der Waals surface area contributed by atoms with E-state index in [0.29, 0.717) is 11.8 Å². The number of fused-ring (bicyclic) bond motifs is 1. The molecule has 0 spiro atoms. The van der Waals surface area contributed by atoms with Crippen molar-refractivity contribution in [1.82, 2.24) is 19.9 Å². The summed E-state index contributed by atoms with van der Waals surface area (Å²) in [7, 11) is 3.92. The van der Waals surface area contributed by atoms with Crippen LogP contribution in [0.2, 0.25) is 0 Å². The Kier molecular flexibility index (Phi) is 4.06. The van der Waals surface area contributed by atoms with Gasteiger partial charge in [-0.2, -0.15) is 9.97 Å². The first-order valence-corrected chi connectivity index (χ1v) is 7.78. The van der Waals surface area contributed by atoms with Crippen molar-refractivity contribution in [2.75, 3.05) is 19.0 Å². The zero-order chi connectivity index (χ0) is 15.7. The van der Waals surface area contributed by atoms with E-state index < -0.39 is 0 Å². The van der Waals surface area contributed by atoms with Crippen LogP contribution in [0, 0.1) is 0 Å². The molecule has 0 N–H and O–H groups in total. The Morgan fingerprint density at radius 3 is 2.59 bits per heavy atom. The topological polar surface area (TPSA) is 64.0 Å². The van der Waals surface area contributed by atoms with Crippen molar-refractivity contribution in [1.29, 1.82) is 0 Å². The van der Waals surface area contributed by atoms with Crippen LogP contribution < -0.4 is 9.64 Å². The molecule has 0 aliphatic heterocycles. The normalized spacial score (nSPS) is 13.3. The van der Waals surface area contributed by atoms with Crippen molar-refractivity contribution in [3.05, 3.63) is 35.6 Å². The van der Waals surface area contributed by atoms with Gasteiger partial charge in [0.05, 0.1) is 23.7 Å². The van der Waals surface area contributed by atoms with Crippen LogP contribution in [0.25, 0.3) is 4.48 Å². The molecule has 2 heterocycles. The fourth-order valence-corrected chi connectivity index (χ4v) is 3.20. The summed E-state index contributed by atoms with van der Waals surface area (Å²) in [6, 6.07) is 0.315. The molecule has 0 atom stereocenters. The predicted octanol–water partition coefficient (Wildman–Crippen LogP) is 3.20. The number of nitrogens with zero attached hydrogens (tertiary/aromatic N) is 5. The van der Waals surface area contributed by atoms with Gasteiger partial charge in [-0.1, -0.05) is 22.9 Å². The Morgan fingerprint density at radius 2 is 1.95 bits per heavy atom. The Morgan fingerprint density at radius 1 is 1.23 bits per heavy atom. The number of rotatable bonds is 4. The molecule has 0 fully saturated rings. The highest BCUT2D eigenvalue weighted by Crippen LogP contribution is 2.42. The Labute approximate surface area is 137 Å².